The Balaban J connectivity index is 1.93. The van der Waals surface area contributed by atoms with Crippen molar-refractivity contribution in [3.05, 3.63) is 83.9 Å². The van der Waals surface area contributed by atoms with Crippen LogP contribution in [0.3, 0.4) is 0 Å². The second-order valence-electron chi connectivity index (χ2n) is 7.40. The summed E-state index contributed by atoms with van der Waals surface area (Å²) in [5.74, 6) is -0.401. The highest BCUT2D eigenvalue weighted by molar-refractivity contribution is 7.92. The number of sulfonamides is 1. The Labute approximate surface area is 178 Å². The lowest BCUT2D eigenvalue weighted by Crippen LogP contribution is -2.45. The van der Waals surface area contributed by atoms with Crippen molar-refractivity contribution in [3.63, 3.8) is 0 Å². The molecule has 0 heterocycles. The number of anilines is 2. The van der Waals surface area contributed by atoms with Crippen LogP contribution in [-0.2, 0) is 14.8 Å². The minimum Gasteiger partial charge on any atom is -0.324 e. The molecule has 30 heavy (non-hydrogen) atoms. The average Bonchev–Trinajstić information content (AvgIpc) is 2.71. The van der Waals surface area contributed by atoms with E-state index < -0.39 is 22.0 Å². The number of para-hydroxylation sites is 1. The van der Waals surface area contributed by atoms with Crippen LogP contribution in [-0.4, -0.2) is 26.6 Å². The Hall–Kier alpha value is -3.12. The van der Waals surface area contributed by atoms with E-state index in [2.05, 4.69) is 5.32 Å². The van der Waals surface area contributed by atoms with Crippen molar-refractivity contribution in [2.45, 2.75) is 26.8 Å². The summed E-state index contributed by atoms with van der Waals surface area (Å²) in [5.41, 5.74) is 4.96. The zero-order chi connectivity index (χ0) is 21.9. The molecule has 0 saturated heterocycles. The number of nitrogens with one attached hydrogen (secondary N) is 1. The summed E-state index contributed by atoms with van der Waals surface area (Å²) in [6.07, 6.45) is 1.11. The Kier molecular flexibility index (Phi) is 6.27. The van der Waals surface area contributed by atoms with Crippen LogP contribution >= 0.6 is 0 Å². The quantitative estimate of drug-likeness (QED) is 0.623. The molecule has 156 valence electrons. The van der Waals surface area contributed by atoms with Crippen molar-refractivity contribution in [2.75, 3.05) is 15.9 Å². The number of carbonyl (C=O) groups is 1. The van der Waals surface area contributed by atoms with E-state index in [-0.39, 0.29) is 0 Å². The van der Waals surface area contributed by atoms with Gasteiger partial charge < -0.3 is 5.32 Å². The number of aryl methyl sites for hydroxylation is 2. The number of carbonyl (C=O) groups excluding carboxylic acids is 1. The van der Waals surface area contributed by atoms with Crippen molar-refractivity contribution < 1.29 is 13.2 Å². The molecule has 0 bridgehead atoms. The van der Waals surface area contributed by atoms with Gasteiger partial charge in [0.2, 0.25) is 15.9 Å². The van der Waals surface area contributed by atoms with Crippen LogP contribution in [0.2, 0.25) is 0 Å². The number of hydrogen-bond acceptors (Lipinski definition) is 3. The Morgan fingerprint density at radius 2 is 1.53 bits per heavy atom. The standard InChI is InChI=1S/C24H26N2O3S/c1-17-14-15-21(16-18(17)2)26(30(4,28)29)19(3)24(27)25-23-13-9-8-12-22(23)20-10-6-5-7-11-20/h5-16,19H,1-4H3,(H,25,27)/t19-/m1/s1. The average molecular weight is 423 g/mol. The van der Waals surface area contributed by atoms with Gasteiger partial charge in [0.15, 0.2) is 0 Å². The third kappa shape index (κ3) is 4.71. The van der Waals surface area contributed by atoms with Gasteiger partial charge in [-0.2, -0.15) is 0 Å². The molecule has 5 nitrogen and oxygen atoms in total. The lowest BCUT2D eigenvalue weighted by molar-refractivity contribution is -0.116. The predicted octanol–water partition coefficient (Wildman–Crippen LogP) is 4.76. The van der Waals surface area contributed by atoms with E-state index in [0.717, 1.165) is 28.5 Å². The first-order valence-electron chi connectivity index (χ1n) is 9.70. The number of amides is 1. The molecule has 3 aromatic rings. The lowest BCUT2D eigenvalue weighted by Gasteiger charge is -2.29. The van der Waals surface area contributed by atoms with Gasteiger partial charge in [-0.05, 0) is 55.7 Å². The number of hydrogen-bond donors (Lipinski definition) is 1. The largest absolute Gasteiger partial charge is 0.324 e. The van der Waals surface area contributed by atoms with Crippen LogP contribution in [0.15, 0.2) is 72.8 Å². The van der Waals surface area contributed by atoms with Gasteiger partial charge in [0, 0.05) is 11.3 Å². The lowest BCUT2D eigenvalue weighted by atomic mass is 10.0. The van der Waals surface area contributed by atoms with Gasteiger partial charge in [0.25, 0.3) is 0 Å². The second-order valence-corrected chi connectivity index (χ2v) is 9.26. The van der Waals surface area contributed by atoms with Crippen molar-refractivity contribution in [1.29, 1.82) is 0 Å². The van der Waals surface area contributed by atoms with E-state index in [1.54, 1.807) is 19.1 Å². The molecule has 0 radical (unpaired) electrons. The van der Waals surface area contributed by atoms with E-state index in [1.807, 2.05) is 74.5 Å². The number of benzene rings is 3. The fourth-order valence-corrected chi connectivity index (χ4v) is 4.54. The molecule has 0 aromatic heterocycles. The van der Waals surface area contributed by atoms with E-state index in [1.165, 1.54) is 4.31 Å². The molecule has 0 spiro atoms. The van der Waals surface area contributed by atoms with Crippen LogP contribution in [0, 0.1) is 13.8 Å². The second kappa shape index (κ2) is 8.71. The topological polar surface area (TPSA) is 66.5 Å². The first-order chi connectivity index (χ1) is 14.2. The monoisotopic (exact) mass is 422 g/mol. The smallest absolute Gasteiger partial charge is 0.248 e. The van der Waals surface area contributed by atoms with Gasteiger partial charge in [-0.1, -0.05) is 54.6 Å². The maximum Gasteiger partial charge on any atom is 0.248 e. The maximum atomic E-state index is 13.1. The third-order valence-electron chi connectivity index (χ3n) is 5.10. The summed E-state index contributed by atoms with van der Waals surface area (Å²) in [7, 11) is -3.67. The number of rotatable bonds is 6. The summed E-state index contributed by atoms with van der Waals surface area (Å²) in [5, 5.41) is 2.91. The fourth-order valence-electron chi connectivity index (χ4n) is 3.37. The van der Waals surface area contributed by atoms with Gasteiger partial charge in [0.05, 0.1) is 11.9 Å². The van der Waals surface area contributed by atoms with Gasteiger partial charge in [-0.25, -0.2) is 8.42 Å². The molecule has 1 atom stereocenters. The van der Waals surface area contributed by atoms with Crippen LogP contribution < -0.4 is 9.62 Å². The minimum absolute atomic E-state index is 0.401. The van der Waals surface area contributed by atoms with Crippen molar-refractivity contribution in [2.24, 2.45) is 0 Å². The molecule has 0 aliphatic rings. The SMILES string of the molecule is Cc1ccc(N([C@H](C)C(=O)Nc2ccccc2-c2ccccc2)S(C)(=O)=O)cc1C. The predicted molar refractivity (Wildman–Crippen MR) is 123 cm³/mol. The van der Waals surface area contributed by atoms with E-state index >= 15 is 0 Å². The molecular weight excluding hydrogens is 396 g/mol. The maximum absolute atomic E-state index is 13.1. The fraction of sp³-hybridized carbons (Fsp3) is 0.208. The summed E-state index contributed by atoms with van der Waals surface area (Å²) >= 11 is 0. The molecule has 0 aliphatic carbocycles. The van der Waals surface area contributed by atoms with Crippen molar-refractivity contribution in [1.82, 2.24) is 0 Å². The van der Waals surface area contributed by atoms with Gasteiger partial charge in [-0.3, -0.25) is 9.10 Å². The summed E-state index contributed by atoms with van der Waals surface area (Å²) < 4.78 is 26.3. The van der Waals surface area contributed by atoms with Crippen LogP contribution in [0.5, 0.6) is 0 Å². The van der Waals surface area contributed by atoms with Crippen molar-refractivity contribution in [3.8, 4) is 11.1 Å². The molecule has 1 amide bonds. The zero-order valence-electron chi connectivity index (χ0n) is 17.6. The highest BCUT2D eigenvalue weighted by atomic mass is 32.2. The first-order valence-corrected chi connectivity index (χ1v) is 11.6. The Morgan fingerprint density at radius 1 is 0.900 bits per heavy atom. The molecule has 3 aromatic carbocycles. The molecule has 0 aliphatic heterocycles. The molecule has 6 heteroatoms. The van der Waals surface area contributed by atoms with E-state index in [9.17, 15) is 13.2 Å². The Morgan fingerprint density at radius 3 is 2.17 bits per heavy atom. The van der Waals surface area contributed by atoms with Crippen LogP contribution in [0.4, 0.5) is 11.4 Å². The third-order valence-corrected chi connectivity index (χ3v) is 6.34. The highest BCUT2D eigenvalue weighted by Gasteiger charge is 2.29. The van der Waals surface area contributed by atoms with Gasteiger partial charge in [0.1, 0.15) is 6.04 Å². The highest BCUT2D eigenvalue weighted by Crippen LogP contribution is 2.29. The first kappa shape index (κ1) is 21.6. The van der Waals surface area contributed by atoms with Crippen molar-refractivity contribution >= 4 is 27.3 Å². The van der Waals surface area contributed by atoms with Crippen LogP contribution in [0.1, 0.15) is 18.1 Å². The molecule has 1 N–H and O–H groups in total. The van der Waals surface area contributed by atoms with E-state index in [0.29, 0.717) is 11.4 Å². The molecule has 3 rings (SSSR count). The summed E-state index contributed by atoms with van der Waals surface area (Å²) in [4.78, 5) is 13.1. The minimum atomic E-state index is -3.67. The Bertz CT molecular complexity index is 1160. The normalized spacial score (nSPS) is 12.3. The molecule has 0 fully saturated rings. The summed E-state index contributed by atoms with van der Waals surface area (Å²) in [6, 6.07) is 21.7. The molecule has 0 unspecified atom stereocenters. The van der Waals surface area contributed by atoms with Gasteiger partial charge >= 0.3 is 0 Å². The van der Waals surface area contributed by atoms with Crippen LogP contribution in [0.25, 0.3) is 11.1 Å². The summed E-state index contributed by atoms with van der Waals surface area (Å²) in [6.45, 7) is 5.47. The van der Waals surface area contributed by atoms with Gasteiger partial charge in [-0.15, -0.1) is 0 Å². The molecule has 0 saturated carbocycles. The number of nitrogens with zero attached hydrogens (tertiary/aromatic N) is 1. The van der Waals surface area contributed by atoms with E-state index in [4.69, 9.17) is 0 Å². The zero-order valence-corrected chi connectivity index (χ0v) is 18.4. The molecular formula is C24H26N2O3S.